The SMILES string of the molecule is NC(=O)[C@@H](Cc1ccccc1[N+](=O)[O-])NC(=O)[C@H](O)[C@@H](NC(=O)c1ccccc1)c1ccccc1. The van der Waals surface area contributed by atoms with E-state index in [0.29, 0.717) is 11.1 Å². The largest absolute Gasteiger partial charge is 0.381 e. The Morgan fingerprint density at radius 2 is 1.46 bits per heavy atom. The van der Waals surface area contributed by atoms with Crippen LogP contribution in [0.1, 0.15) is 27.5 Å². The number of aliphatic hydroxyl groups excluding tert-OH is 1. The van der Waals surface area contributed by atoms with E-state index in [1.807, 2.05) is 0 Å². The maximum atomic E-state index is 12.9. The molecule has 0 saturated carbocycles. The number of carbonyl (C=O) groups is 3. The van der Waals surface area contributed by atoms with E-state index in [2.05, 4.69) is 10.6 Å². The summed E-state index contributed by atoms with van der Waals surface area (Å²) in [7, 11) is 0. The summed E-state index contributed by atoms with van der Waals surface area (Å²) in [5.74, 6) is -2.43. The topological polar surface area (TPSA) is 165 Å². The van der Waals surface area contributed by atoms with E-state index in [-0.39, 0.29) is 17.7 Å². The summed E-state index contributed by atoms with van der Waals surface area (Å²) in [6.07, 6.45) is -2.05. The van der Waals surface area contributed by atoms with Gasteiger partial charge in [-0.05, 0) is 17.7 Å². The van der Waals surface area contributed by atoms with Crippen molar-refractivity contribution in [3.63, 3.8) is 0 Å². The highest BCUT2D eigenvalue weighted by atomic mass is 16.6. The van der Waals surface area contributed by atoms with E-state index in [1.165, 1.54) is 18.2 Å². The number of hydrogen-bond acceptors (Lipinski definition) is 6. The Labute approximate surface area is 200 Å². The van der Waals surface area contributed by atoms with Crippen molar-refractivity contribution < 1.29 is 24.4 Å². The molecule has 10 heteroatoms. The Morgan fingerprint density at radius 1 is 0.886 bits per heavy atom. The number of benzene rings is 3. The molecule has 3 aromatic carbocycles. The number of aliphatic hydroxyl groups is 1. The molecule has 0 unspecified atom stereocenters. The van der Waals surface area contributed by atoms with Crippen molar-refractivity contribution >= 4 is 23.4 Å². The van der Waals surface area contributed by atoms with Gasteiger partial charge in [-0.15, -0.1) is 0 Å². The van der Waals surface area contributed by atoms with E-state index < -0.39 is 40.8 Å². The average molecular weight is 476 g/mol. The third kappa shape index (κ3) is 6.49. The van der Waals surface area contributed by atoms with Gasteiger partial charge in [-0.3, -0.25) is 24.5 Å². The monoisotopic (exact) mass is 476 g/mol. The quantitative estimate of drug-likeness (QED) is 0.257. The number of carbonyl (C=O) groups excluding carboxylic acids is 3. The number of nitrogens with zero attached hydrogens (tertiary/aromatic N) is 1. The fourth-order valence-electron chi connectivity index (χ4n) is 3.53. The smallest absolute Gasteiger partial charge is 0.272 e. The van der Waals surface area contributed by atoms with Crippen molar-refractivity contribution in [3.05, 3.63) is 112 Å². The third-order valence-corrected chi connectivity index (χ3v) is 5.34. The maximum absolute atomic E-state index is 12.9. The van der Waals surface area contributed by atoms with Gasteiger partial charge in [0, 0.05) is 23.6 Å². The molecule has 0 aliphatic heterocycles. The Kier molecular flexibility index (Phi) is 8.25. The summed E-state index contributed by atoms with van der Waals surface area (Å²) in [6, 6.07) is 19.9. The second kappa shape index (κ2) is 11.5. The minimum atomic E-state index is -1.79. The lowest BCUT2D eigenvalue weighted by Gasteiger charge is -2.26. The fraction of sp³-hybridized carbons (Fsp3) is 0.160. The number of amides is 3. The Balaban J connectivity index is 1.82. The van der Waals surface area contributed by atoms with Gasteiger partial charge < -0.3 is 21.5 Å². The lowest BCUT2D eigenvalue weighted by atomic mass is 9.98. The zero-order chi connectivity index (χ0) is 25.4. The summed E-state index contributed by atoms with van der Waals surface area (Å²) in [5.41, 5.74) is 6.16. The van der Waals surface area contributed by atoms with Gasteiger partial charge in [-0.2, -0.15) is 0 Å². The molecule has 10 nitrogen and oxygen atoms in total. The van der Waals surface area contributed by atoms with Crippen LogP contribution in [-0.4, -0.2) is 39.9 Å². The summed E-state index contributed by atoms with van der Waals surface area (Å²) >= 11 is 0. The van der Waals surface area contributed by atoms with E-state index in [9.17, 15) is 29.6 Å². The van der Waals surface area contributed by atoms with Crippen molar-refractivity contribution in [3.8, 4) is 0 Å². The van der Waals surface area contributed by atoms with Crippen molar-refractivity contribution in [2.45, 2.75) is 24.6 Å². The number of hydrogen-bond donors (Lipinski definition) is 4. The van der Waals surface area contributed by atoms with Gasteiger partial charge in [0.15, 0.2) is 6.10 Å². The number of nitro groups is 1. The lowest BCUT2D eigenvalue weighted by molar-refractivity contribution is -0.385. The predicted molar refractivity (Wildman–Crippen MR) is 127 cm³/mol. The Bertz CT molecular complexity index is 1200. The van der Waals surface area contributed by atoms with Gasteiger partial charge in [0.05, 0.1) is 11.0 Å². The number of nitrogens with one attached hydrogen (secondary N) is 2. The summed E-state index contributed by atoms with van der Waals surface area (Å²) in [5, 5.41) is 27.2. The van der Waals surface area contributed by atoms with Crippen LogP contribution >= 0.6 is 0 Å². The van der Waals surface area contributed by atoms with Gasteiger partial charge >= 0.3 is 0 Å². The van der Waals surface area contributed by atoms with Gasteiger partial charge in [0.25, 0.3) is 17.5 Å². The highest BCUT2D eigenvalue weighted by molar-refractivity contribution is 5.95. The molecule has 0 heterocycles. The van der Waals surface area contributed by atoms with Crippen LogP contribution in [0.5, 0.6) is 0 Å². The minimum Gasteiger partial charge on any atom is -0.381 e. The Hall–Kier alpha value is -4.57. The van der Waals surface area contributed by atoms with Crippen LogP contribution in [0.15, 0.2) is 84.9 Å². The molecule has 0 saturated heterocycles. The van der Waals surface area contributed by atoms with Crippen molar-refractivity contribution in [1.82, 2.24) is 10.6 Å². The normalized spacial score (nSPS) is 13.2. The van der Waals surface area contributed by atoms with Crippen molar-refractivity contribution in [1.29, 1.82) is 0 Å². The minimum absolute atomic E-state index is 0.188. The van der Waals surface area contributed by atoms with Crippen molar-refractivity contribution in [2.75, 3.05) is 0 Å². The molecule has 0 bridgehead atoms. The zero-order valence-electron chi connectivity index (χ0n) is 18.5. The Morgan fingerprint density at radius 3 is 2.06 bits per heavy atom. The third-order valence-electron chi connectivity index (χ3n) is 5.34. The molecule has 180 valence electrons. The van der Waals surface area contributed by atoms with E-state index >= 15 is 0 Å². The fourth-order valence-corrected chi connectivity index (χ4v) is 3.53. The summed E-state index contributed by atoms with van der Waals surface area (Å²) < 4.78 is 0. The molecular formula is C25H24N4O6. The van der Waals surface area contributed by atoms with Gasteiger partial charge in [0.2, 0.25) is 5.91 Å². The first-order valence-electron chi connectivity index (χ1n) is 10.7. The van der Waals surface area contributed by atoms with E-state index in [1.54, 1.807) is 66.7 Å². The molecule has 0 aliphatic carbocycles. The first kappa shape index (κ1) is 25.1. The number of nitro benzene ring substituents is 1. The molecule has 3 atom stereocenters. The van der Waals surface area contributed by atoms with Gasteiger partial charge in [-0.25, -0.2) is 0 Å². The molecule has 0 fully saturated rings. The first-order chi connectivity index (χ1) is 16.8. The molecule has 5 N–H and O–H groups in total. The molecule has 3 amide bonds. The second-order valence-corrected chi connectivity index (χ2v) is 7.73. The van der Waals surface area contributed by atoms with Gasteiger partial charge in [0.1, 0.15) is 6.04 Å². The summed E-state index contributed by atoms with van der Waals surface area (Å²) in [4.78, 5) is 48.4. The van der Waals surface area contributed by atoms with Crippen molar-refractivity contribution in [2.24, 2.45) is 5.73 Å². The maximum Gasteiger partial charge on any atom is 0.272 e. The van der Waals surface area contributed by atoms with Crippen LogP contribution in [0, 0.1) is 10.1 Å². The average Bonchev–Trinajstić information content (AvgIpc) is 2.87. The highest BCUT2D eigenvalue weighted by Crippen LogP contribution is 2.21. The van der Waals surface area contributed by atoms with Crippen LogP contribution in [0.2, 0.25) is 0 Å². The molecule has 35 heavy (non-hydrogen) atoms. The van der Waals surface area contributed by atoms with Crippen LogP contribution < -0.4 is 16.4 Å². The molecule has 0 spiro atoms. The number of rotatable bonds is 10. The van der Waals surface area contributed by atoms with Gasteiger partial charge in [-0.1, -0.05) is 66.7 Å². The molecule has 0 aliphatic rings. The highest BCUT2D eigenvalue weighted by Gasteiger charge is 2.32. The standard InChI is InChI=1S/C25H24N4O6/c26-23(31)19(15-18-13-7-8-14-20(18)29(34)35)27-25(33)22(30)21(16-9-3-1-4-10-16)28-24(32)17-11-5-2-6-12-17/h1-14,19,21-22,30H,15H2,(H2,26,31)(H,27,33)(H,28,32)/t19-,21+,22-/m1/s1. The number of primary amides is 1. The molecule has 0 aromatic heterocycles. The predicted octanol–water partition coefficient (Wildman–Crippen LogP) is 1.64. The molecule has 3 rings (SSSR count). The number of para-hydroxylation sites is 1. The molecule has 3 aromatic rings. The molecular weight excluding hydrogens is 452 g/mol. The summed E-state index contributed by atoms with van der Waals surface area (Å²) in [6.45, 7) is 0. The zero-order valence-corrected chi connectivity index (χ0v) is 18.5. The second-order valence-electron chi connectivity index (χ2n) is 7.73. The first-order valence-corrected chi connectivity index (χ1v) is 10.7. The van der Waals surface area contributed by atoms with Crippen LogP contribution in [0.4, 0.5) is 5.69 Å². The lowest BCUT2D eigenvalue weighted by Crippen LogP contribution is -2.52. The van der Waals surface area contributed by atoms with E-state index in [0.717, 1.165) is 0 Å². The number of nitrogens with two attached hydrogens (primary N) is 1. The van der Waals surface area contributed by atoms with Crippen LogP contribution in [-0.2, 0) is 16.0 Å². The van der Waals surface area contributed by atoms with Crippen LogP contribution in [0.3, 0.4) is 0 Å². The molecule has 0 radical (unpaired) electrons. The van der Waals surface area contributed by atoms with E-state index in [4.69, 9.17) is 5.73 Å². The van der Waals surface area contributed by atoms with Crippen LogP contribution in [0.25, 0.3) is 0 Å².